The summed E-state index contributed by atoms with van der Waals surface area (Å²) < 4.78 is 0. The highest BCUT2D eigenvalue weighted by atomic mass is 16.2. The van der Waals surface area contributed by atoms with Gasteiger partial charge in [-0.3, -0.25) is 4.79 Å². The molecule has 2 unspecified atom stereocenters. The molecule has 0 aliphatic rings. The van der Waals surface area contributed by atoms with E-state index in [0.717, 1.165) is 5.56 Å². The molecule has 106 valence electrons. The Hall–Kier alpha value is -1.35. The van der Waals surface area contributed by atoms with Crippen molar-refractivity contribution >= 4 is 5.91 Å². The van der Waals surface area contributed by atoms with Crippen LogP contribution in [0.5, 0.6) is 0 Å². The third-order valence-corrected chi connectivity index (χ3v) is 3.62. The van der Waals surface area contributed by atoms with Crippen LogP contribution >= 0.6 is 0 Å². The summed E-state index contributed by atoms with van der Waals surface area (Å²) in [6.07, 6.45) is 0. The Kier molecular flexibility index (Phi) is 5.55. The molecule has 0 radical (unpaired) electrons. The second-order valence-corrected chi connectivity index (χ2v) is 5.74. The van der Waals surface area contributed by atoms with Crippen LogP contribution in [0, 0.1) is 5.92 Å². The van der Waals surface area contributed by atoms with Gasteiger partial charge in [0.25, 0.3) is 0 Å². The summed E-state index contributed by atoms with van der Waals surface area (Å²) in [6, 6.07) is 8.34. The van der Waals surface area contributed by atoms with Crippen LogP contribution in [0.25, 0.3) is 0 Å². The zero-order valence-corrected chi connectivity index (χ0v) is 12.7. The van der Waals surface area contributed by atoms with Gasteiger partial charge in [-0.05, 0) is 24.0 Å². The third kappa shape index (κ3) is 4.35. The molecule has 0 saturated heterocycles. The van der Waals surface area contributed by atoms with Crippen LogP contribution in [0.4, 0.5) is 0 Å². The van der Waals surface area contributed by atoms with Crippen LogP contribution in [0.3, 0.4) is 0 Å². The average molecular weight is 262 g/mol. The van der Waals surface area contributed by atoms with Crippen molar-refractivity contribution in [2.75, 3.05) is 7.05 Å². The van der Waals surface area contributed by atoms with Crippen molar-refractivity contribution in [2.45, 2.75) is 46.2 Å². The van der Waals surface area contributed by atoms with Crippen molar-refractivity contribution in [2.24, 2.45) is 11.7 Å². The molecule has 0 aromatic heterocycles. The van der Waals surface area contributed by atoms with E-state index in [1.54, 1.807) is 4.90 Å². The maximum Gasteiger partial charge on any atom is 0.226 e. The lowest BCUT2D eigenvalue weighted by Gasteiger charge is -2.23. The van der Waals surface area contributed by atoms with Crippen molar-refractivity contribution in [3.63, 3.8) is 0 Å². The van der Waals surface area contributed by atoms with Crippen molar-refractivity contribution in [3.05, 3.63) is 35.4 Å². The molecule has 0 heterocycles. The second kappa shape index (κ2) is 6.71. The molecule has 3 heteroatoms. The summed E-state index contributed by atoms with van der Waals surface area (Å²) in [5.41, 5.74) is 8.24. The summed E-state index contributed by atoms with van der Waals surface area (Å²) in [4.78, 5) is 13.9. The van der Waals surface area contributed by atoms with E-state index in [0.29, 0.717) is 12.5 Å². The van der Waals surface area contributed by atoms with E-state index in [1.165, 1.54) is 5.56 Å². The molecule has 19 heavy (non-hydrogen) atoms. The zero-order valence-electron chi connectivity index (χ0n) is 12.7. The summed E-state index contributed by atoms with van der Waals surface area (Å²) in [6.45, 7) is 8.73. The standard InChI is InChI=1S/C16H26N2O/c1-11(2)15-8-6-14(7-9-15)10-18(5)16(19)12(3)13(4)17/h6-9,11-13H,10,17H2,1-5H3. The van der Waals surface area contributed by atoms with E-state index in [4.69, 9.17) is 5.73 Å². The minimum absolute atomic E-state index is 0.0999. The van der Waals surface area contributed by atoms with Crippen molar-refractivity contribution in [1.82, 2.24) is 4.90 Å². The number of hydrogen-bond acceptors (Lipinski definition) is 2. The van der Waals surface area contributed by atoms with Crippen molar-refractivity contribution in [3.8, 4) is 0 Å². The van der Waals surface area contributed by atoms with Gasteiger partial charge in [-0.1, -0.05) is 45.0 Å². The smallest absolute Gasteiger partial charge is 0.226 e. The maximum absolute atomic E-state index is 12.1. The summed E-state index contributed by atoms with van der Waals surface area (Å²) in [5, 5.41) is 0. The van der Waals surface area contributed by atoms with E-state index in [-0.39, 0.29) is 17.9 Å². The molecule has 1 aromatic carbocycles. The van der Waals surface area contributed by atoms with Crippen LogP contribution in [-0.2, 0) is 11.3 Å². The monoisotopic (exact) mass is 262 g/mol. The number of carbonyl (C=O) groups is 1. The van der Waals surface area contributed by atoms with Crippen LogP contribution in [-0.4, -0.2) is 23.9 Å². The molecule has 3 nitrogen and oxygen atoms in total. The van der Waals surface area contributed by atoms with Crippen LogP contribution < -0.4 is 5.73 Å². The molecule has 1 aromatic rings. The van der Waals surface area contributed by atoms with Gasteiger partial charge >= 0.3 is 0 Å². The minimum atomic E-state index is -0.139. The predicted molar refractivity (Wildman–Crippen MR) is 79.8 cm³/mol. The topological polar surface area (TPSA) is 46.3 Å². The molecule has 2 atom stereocenters. The zero-order chi connectivity index (χ0) is 14.6. The predicted octanol–water partition coefficient (Wildman–Crippen LogP) is 2.75. The number of nitrogens with two attached hydrogens (primary N) is 1. The number of nitrogens with zero attached hydrogens (tertiary/aromatic N) is 1. The highest BCUT2D eigenvalue weighted by molar-refractivity contribution is 5.78. The highest BCUT2D eigenvalue weighted by Crippen LogP contribution is 2.16. The van der Waals surface area contributed by atoms with Gasteiger partial charge < -0.3 is 10.6 Å². The highest BCUT2D eigenvalue weighted by Gasteiger charge is 2.20. The normalized spacial score (nSPS) is 14.3. The molecule has 0 saturated carbocycles. The molecule has 0 aliphatic carbocycles. The maximum atomic E-state index is 12.1. The molecular weight excluding hydrogens is 236 g/mol. The summed E-state index contributed by atoms with van der Waals surface area (Å²) >= 11 is 0. The lowest BCUT2D eigenvalue weighted by atomic mass is 10.0. The molecule has 0 spiro atoms. The van der Waals surface area contributed by atoms with Crippen molar-refractivity contribution in [1.29, 1.82) is 0 Å². The molecule has 1 amide bonds. The van der Waals surface area contributed by atoms with Crippen LogP contribution in [0.15, 0.2) is 24.3 Å². The van der Waals surface area contributed by atoms with Crippen LogP contribution in [0.2, 0.25) is 0 Å². The lowest BCUT2D eigenvalue weighted by Crippen LogP contribution is -2.39. The van der Waals surface area contributed by atoms with Gasteiger partial charge in [-0.2, -0.15) is 0 Å². The molecular formula is C16H26N2O. The van der Waals surface area contributed by atoms with Gasteiger partial charge in [0.05, 0.1) is 5.92 Å². The Morgan fingerprint density at radius 2 is 1.68 bits per heavy atom. The Morgan fingerprint density at radius 3 is 2.11 bits per heavy atom. The molecule has 1 rings (SSSR count). The van der Waals surface area contributed by atoms with Gasteiger partial charge in [-0.15, -0.1) is 0 Å². The van der Waals surface area contributed by atoms with E-state index in [1.807, 2.05) is 20.9 Å². The number of benzene rings is 1. The average Bonchev–Trinajstić information content (AvgIpc) is 2.37. The van der Waals surface area contributed by atoms with E-state index < -0.39 is 0 Å². The van der Waals surface area contributed by atoms with E-state index >= 15 is 0 Å². The van der Waals surface area contributed by atoms with Gasteiger partial charge in [-0.25, -0.2) is 0 Å². The Balaban J connectivity index is 2.66. The Morgan fingerprint density at radius 1 is 1.16 bits per heavy atom. The SMILES string of the molecule is CC(C)c1ccc(CN(C)C(=O)C(C)C(C)N)cc1. The number of amides is 1. The van der Waals surface area contributed by atoms with E-state index in [9.17, 15) is 4.79 Å². The van der Waals surface area contributed by atoms with Gasteiger partial charge in [0, 0.05) is 19.6 Å². The second-order valence-electron chi connectivity index (χ2n) is 5.74. The quantitative estimate of drug-likeness (QED) is 0.887. The molecule has 2 N–H and O–H groups in total. The fraction of sp³-hybridized carbons (Fsp3) is 0.562. The fourth-order valence-electron chi connectivity index (χ4n) is 1.93. The minimum Gasteiger partial charge on any atom is -0.341 e. The fourth-order valence-corrected chi connectivity index (χ4v) is 1.93. The first-order chi connectivity index (χ1) is 8.82. The molecule has 0 fully saturated rings. The Bertz CT molecular complexity index is 409. The van der Waals surface area contributed by atoms with Gasteiger partial charge in [0.1, 0.15) is 0 Å². The van der Waals surface area contributed by atoms with Crippen LogP contribution in [0.1, 0.15) is 44.7 Å². The number of carbonyl (C=O) groups excluding carboxylic acids is 1. The number of hydrogen-bond donors (Lipinski definition) is 1. The molecule has 0 bridgehead atoms. The van der Waals surface area contributed by atoms with Crippen molar-refractivity contribution < 1.29 is 4.79 Å². The first-order valence-corrected chi connectivity index (χ1v) is 6.92. The van der Waals surface area contributed by atoms with E-state index in [2.05, 4.69) is 38.1 Å². The number of rotatable bonds is 5. The molecule has 0 aliphatic heterocycles. The third-order valence-electron chi connectivity index (χ3n) is 3.62. The first-order valence-electron chi connectivity index (χ1n) is 6.92. The van der Waals surface area contributed by atoms with Gasteiger partial charge in [0.2, 0.25) is 5.91 Å². The first kappa shape index (κ1) is 15.7. The lowest BCUT2D eigenvalue weighted by molar-refractivity contribution is -0.134. The summed E-state index contributed by atoms with van der Waals surface area (Å²) in [5.74, 6) is 0.495. The summed E-state index contributed by atoms with van der Waals surface area (Å²) in [7, 11) is 1.83. The van der Waals surface area contributed by atoms with Gasteiger partial charge in [0.15, 0.2) is 0 Å². The Labute approximate surface area is 116 Å². The largest absolute Gasteiger partial charge is 0.341 e.